The molecule has 0 saturated carbocycles. The number of nitrogens with zero attached hydrogens (tertiary/aromatic N) is 8. The van der Waals surface area contributed by atoms with Gasteiger partial charge in [-0.2, -0.15) is 15.3 Å². The summed E-state index contributed by atoms with van der Waals surface area (Å²) in [5.74, 6) is 4.08. The molecular weight excluding hydrogens is 448 g/mol. The highest BCUT2D eigenvalue weighted by Gasteiger charge is 2.21. The molecule has 4 aromatic heterocycles. The molecule has 0 radical (unpaired) electrons. The second-order valence-electron chi connectivity index (χ2n) is 7.91. The molecule has 0 unspecified atom stereocenters. The fourth-order valence-corrected chi connectivity index (χ4v) is 3.98. The highest BCUT2D eigenvalue weighted by molar-refractivity contribution is 5.93. The number of amides is 1. The highest BCUT2D eigenvalue weighted by atomic mass is 16.5. The molecule has 35 heavy (non-hydrogen) atoms. The van der Waals surface area contributed by atoms with Gasteiger partial charge in [-0.15, -0.1) is 6.42 Å². The van der Waals surface area contributed by atoms with Crippen molar-refractivity contribution in [1.29, 1.82) is 5.26 Å². The molecule has 0 spiro atoms. The number of nitriles is 1. The van der Waals surface area contributed by atoms with Crippen LogP contribution in [0, 0.1) is 30.6 Å². The summed E-state index contributed by atoms with van der Waals surface area (Å²) in [6.07, 6.45) is 10.2. The number of rotatable bonds is 5. The first-order valence-electron chi connectivity index (χ1n) is 10.9. The van der Waals surface area contributed by atoms with Gasteiger partial charge in [-0.3, -0.25) is 4.79 Å². The number of carbonyl (C=O) groups excluding carboxylic acids is 1. The molecule has 0 aliphatic carbocycles. The van der Waals surface area contributed by atoms with Crippen molar-refractivity contribution < 1.29 is 14.1 Å². The van der Waals surface area contributed by atoms with Crippen molar-refractivity contribution in [3.63, 3.8) is 0 Å². The van der Waals surface area contributed by atoms with Gasteiger partial charge in [0.25, 0.3) is 11.8 Å². The minimum absolute atomic E-state index is 0.101. The molecule has 1 aliphatic rings. The van der Waals surface area contributed by atoms with Gasteiger partial charge in [0.05, 0.1) is 23.5 Å². The van der Waals surface area contributed by atoms with Crippen LogP contribution in [0.15, 0.2) is 41.3 Å². The van der Waals surface area contributed by atoms with E-state index in [1.807, 2.05) is 18.2 Å². The summed E-state index contributed by atoms with van der Waals surface area (Å²) in [5.41, 5.74) is 2.65. The summed E-state index contributed by atoms with van der Waals surface area (Å²) in [4.78, 5) is 24.3. The molecule has 5 rings (SSSR count). The Labute approximate surface area is 200 Å². The first-order valence-corrected chi connectivity index (χ1v) is 10.9. The number of terminal acetylenes is 1. The third-order valence-corrected chi connectivity index (χ3v) is 5.71. The molecule has 0 N–H and O–H groups in total. The molecule has 1 saturated heterocycles. The maximum absolute atomic E-state index is 11.7. The van der Waals surface area contributed by atoms with Gasteiger partial charge in [0.15, 0.2) is 12.4 Å². The predicted octanol–water partition coefficient (Wildman–Crippen LogP) is 1.82. The second-order valence-corrected chi connectivity index (χ2v) is 7.91. The number of piperazine rings is 1. The minimum Gasteiger partial charge on any atom is -0.482 e. The van der Waals surface area contributed by atoms with Gasteiger partial charge in [-0.25, -0.2) is 9.50 Å². The third-order valence-electron chi connectivity index (χ3n) is 5.71. The molecule has 1 amide bonds. The van der Waals surface area contributed by atoms with Crippen molar-refractivity contribution in [3.05, 3.63) is 54.1 Å². The van der Waals surface area contributed by atoms with E-state index in [-0.39, 0.29) is 12.5 Å². The number of anilines is 1. The molecular formula is C24H20N8O3. The zero-order valence-electron chi connectivity index (χ0n) is 18.9. The summed E-state index contributed by atoms with van der Waals surface area (Å²) < 4.78 is 12.6. The van der Waals surface area contributed by atoms with E-state index in [4.69, 9.17) is 15.7 Å². The van der Waals surface area contributed by atoms with Gasteiger partial charge in [0.2, 0.25) is 0 Å². The average molecular weight is 468 g/mol. The molecule has 11 heteroatoms. The molecule has 0 bridgehead atoms. The first-order chi connectivity index (χ1) is 17.1. The average Bonchev–Trinajstić information content (AvgIpc) is 3.52. The van der Waals surface area contributed by atoms with E-state index >= 15 is 0 Å². The molecule has 5 heterocycles. The zero-order valence-corrected chi connectivity index (χ0v) is 18.9. The Morgan fingerprint density at radius 3 is 2.74 bits per heavy atom. The van der Waals surface area contributed by atoms with Gasteiger partial charge >= 0.3 is 0 Å². The Bertz CT molecular complexity index is 1470. The summed E-state index contributed by atoms with van der Waals surface area (Å²) >= 11 is 0. The van der Waals surface area contributed by atoms with Crippen LogP contribution in [0.25, 0.3) is 16.6 Å². The molecule has 0 aromatic carbocycles. The van der Waals surface area contributed by atoms with Crippen LogP contribution in [0.4, 0.5) is 5.82 Å². The van der Waals surface area contributed by atoms with Gasteiger partial charge in [0.1, 0.15) is 17.6 Å². The van der Waals surface area contributed by atoms with Gasteiger partial charge < -0.3 is 19.1 Å². The fraction of sp³-hybridized carbons (Fsp3) is 0.250. The summed E-state index contributed by atoms with van der Waals surface area (Å²) in [6.45, 7) is 4.22. The topological polar surface area (TPSA) is 126 Å². The van der Waals surface area contributed by atoms with Crippen molar-refractivity contribution in [3.8, 4) is 35.3 Å². The molecule has 1 aliphatic heterocycles. The Morgan fingerprint density at radius 1 is 1.26 bits per heavy atom. The van der Waals surface area contributed by atoms with Crippen molar-refractivity contribution >= 4 is 17.2 Å². The van der Waals surface area contributed by atoms with E-state index < -0.39 is 0 Å². The lowest BCUT2D eigenvalue weighted by atomic mass is 10.1. The van der Waals surface area contributed by atoms with E-state index in [1.54, 1.807) is 28.7 Å². The number of hydrogen-bond donors (Lipinski definition) is 0. The summed E-state index contributed by atoms with van der Waals surface area (Å²) in [7, 11) is 0. The molecule has 11 nitrogen and oxygen atoms in total. The van der Waals surface area contributed by atoms with Crippen molar-refractivity contribution in [2.24, 2.45) is 0 Å². The van der Waals surface area contributed by atoms with Gasteiger partial charge in [0, 0.05) is 43.5 Å². The molecule has 1 fully saturated rings. The number of aryl methyl sites for hydroxylation is 1. The van der Waals surface area contributed by atoms with Crippen molar-refractivity contribution in [2.75, 3.05) is 31.1 Å². The SMILES string of the molecule is C#CC(=O)N1CCN(c2ccc(-c3cc(OCc4nc(C)no4)cn4ncc(C#N)c34)cn2)CC1. The lowest BCUT2D eigenvalue weighted by Crippen LogP contribution is -2.48. The number of aromatic nitrogens is 5. The van der Waals surface area contributed by atoms with Gasteiger partial charge in [-0.1, -0.05) is 5.16 Å². The second kappa shape index (κ2) is 9.15. The zero-order chi connectivity index (χ0) is 24.4. The lowest BCUT2D eigenvalue weighted by molar-refractivity contribution is -0.125. The Balaban J connectivity index is 1.41. The van der Waals surface area contributed by atoms with E-state index in [2.05, 4.69) is 37.1 Å². The molecule has 4 aromatic rings. The predicted molar refractivity (Wildman–Crippen MR) is 124 cm³/mol. The fourth-order valence-electron chi connectivity index (χ4n) is 3.98. The van der Waals surface area contributed by atoms with E-state index in [9.17, 15) is 10.1 Å². The third kappa shape index (κ3) is 4.35. The Kier molecular flexibility index (Phi) is 5.73. The lowest BCUT2D eigenvalue weighted by Gasteiger charge is -2.34. The van der Waals surface area contributed by atoms with Crippen LogP contribution >= 0.6 is 0 Å². The first kappa shape index (κ1) is 21.9. The number of pyridine rings is 2. The smallest absolute Gasteiger partial charge is 0.298 e. The number of ether oxygens (including phenoxy) is 1. The number of fused-ring (bicyclic) bond motifs is 1. The summed E-state index contributed by atoms with van der Waals surface area (Å²) in [6, 6.07) is 7.88. The van der Waals surface area contributed by atoms with Crippen LogP contribution in [0.5, 0.6) is 5.75 Å². The Hall–Kier alpha value is -4.90. The maximum Gasteiger partial charge on any atom is 0.298 e. The maximum atomic E-state index is 11.7. The Morgan fingerprint density at radius 2 is 2.09 bits per heavy atom. The molecule has 0 atom stereocenters. The normalized spacial score (nSPS) is 13.5. The van der Waals surface area contributed by atoms with E-state index in [0.29, 0.717) is 54.7 Å². The van der Waals surface area contributed by atoms with Crippen LogP contribution in [-0.2, 0) is 11.4 Å². The van der Waals surface area contributed by atoms with Crippen LogP contribution in [-0.4, -0.2) is 61.7 Å². The highest BCUT2D eigenvalue weighted by Crippen LogP contribution is 2.31. The summed E-state index contributed by atoms with van der Waals surface area (Å²) in [5, 5.41) is 17.7. The molecule has 174 valence electrons. The number of hydrogen-bond acceptors (Lipinski definition) is 9. The quantitative estimate of drug-likeness (QED) is 0.403. The van der Waals surface area contributed by atoms with E-state index in [0.717, 1.165) is 16.9 Å². The minimum atomic E-state index is -0.289. The van der Waals surface area contributed by atoms with Crippen LogP contribution < -0.4 is 9.64 Å². The largest absolute Gasteiger partial charge is 0.482 e. The van der Waals surface area contributed by atoms with Crippen LogP contribution in [0.2, 0.25) is 0 Å². The number of carbonyl (C=O) groups is 1. The van der Waals surface area contributed by atoms with Crippen molar-refractivity contribution in [1.82, 2.24) is 29.6 Å². The van der Waals surface area contributed by atoms with Gasteiger partial charge in [-0.05, 0) is 31.0 Å². The van der Waals surface area contributed by atoms with Crippen molar-refractivity contribution in [2.45, 2.75) is 13.5 Å². The monoisotopic (exact) mass is 468 g/mol. The van der Waals surface area contributed by atoms with Crippen LogP contribution in [0.1, 0.15) is 17.3 Å². The van der Waals surface area contributed by atoms with E-state index in [1.165, 1.54) is 6.20 Å². The van der Waals surface area contributed by atoms with Crippen LogP contribution in [0.3, 0.4) is 0 Å². The standard InChI is InChI=1S/C24H20N8O3/c1-3-23(33)31-8-6-30(7-9-31)21-5-4-17(12-26-21)20-10-19(34-15-22-28-16(2)29-35-22)14-32-24(20)18(11-25)13-27-32/h1,4-5,10,12-14H,6-9,15H2,2H3.